The molecule has 0 aromatic carbocycles. The van der Waals surface area contributed by atoms with Crippen LogP contribution in [0.25, 0.3) is 0 Å². The van der Waals surface area contributed by atoms with Gasteiger partial charge in [-0.25, -0.2) is 9.78 Å². The lowest BCUT2D eigenvalue weighted by atomic mass is 10.0. The van der Waals surface area contributed by atoms with Gasteiger partial charge in [0, 0.05) is 25.3 Å². The summed E-state index contributed by atoms with van der Waals surface area (Å²) < 4.78 is 5.48. The Bertz CT molecular complexity index is 551. The van der Waals surface area contributed by atoms with Crippen LogP contribution in [0.3, 0.4) is 0 Å². The molecule has 3 atom stereocenters. The molecule has 2 aliphatic rings. The van der Waals surface area contributed by atoms with Crippen molar-refractivity contribution in [3.8, 4) is 0 Å². The summed E-state index contributed by atoms with van der Waals surface area (Å²) in [5.41, 5.74) is 0.752. The number of rotatable bonds is 2. The fraction of sp³-hybridized carbons (Fsp3) is 0.667. The Balaban J connectivity index is 1.51. The molecule has 126 valence electrons. The van der Waals surface area contributed by atoms with Crippen molar-refractivity contribution in [3.63, 3.8) is 0 Å². The van der Waals surface area contributed by atoms with Crippen LogP contribution in [0.15, 0.2) is 18.3 Å². The van der Waals surface area contributed by atoms with Gasteiger partial charge in [0.2, 0.25) is 0 Å². The van der Waals surface area contributed by atoms with Gasteiger partial charge in [0.05, 0.1) is 0 Å². The Morgan fingerprint density at radius 2 is 1.91 bits per heavy atom. The fourth-order valence-corrected chi connectivity index (χ4v) is 3.66. The Morgan fingerprint density at radius 3 is 2.43 bits per heavy atom. The van der Waals surface area contributed by atoms with Gasteiger partial charge < -0.3 is 15.0 Å². The monoisotopic (exact) mass is 317 g/mol. The first-order chi connectivity index (χ1) is 10.8. The molecule has 0 bridgehead atoms. The third kappa shape index (κ3) is 3.95. The average Bonchev–Trinajstić information content (AvgIpc) is 2.97. The van der Waals surface area contributed by atoms with Crippen LogP contribution in [-0.2, 0) is 4.74 Å². The van der Waals surface area contributed by atoms with Crippen LogP contribution in [0.2, 0.25) is 0 Å². The highest BCUT2D eigenvalue weighted by atomic mass is 16.6. The van der Waals surface area contributed by atoms with Gasteiger partial charge in [-0.1, -0.05) is 6.07 Å². The number of pyridine rings is 1. The van der Waals surface area contributed by atoms with Gasteiger partial charge in [-0.2, -0.15) is 0 Å². The van der Waals surface area contributed by atoms with Crippen LogP contribution in [-0.4, -0.2) is 40.7 Å². The standard InChI is InChI=1S/C18H27N3O2/c1-12-5-6-16(19-9-12)20-15-7-13-10-21(11-14(13)8-15)17(22)23-18(2,3)4/h5-6,9,13-15H,7-8,10-11H2,1-4H3,(H,19,20)/t13-,14+,15?. The molecule has 0 radical (unpaired) electrons. The SMILES string of the molecule is Cc1ccc(NC2C[C@@H]3CN(C(=O)OC(C)(C)C)C[C@@H]3C2)nc1. The summed E-state index contributed by atoms with van der Waals surface area (Å²) in [6, 6.07) is 4.58. The number of hydrogen-bond acceptors (Lipinski definition) is 4. The molecule has 3 rings (SSSR count). The zero-order valence-corrected chi connectivity index (χ0v) is 14.5. The highest BCUT2D eigenvalue weighted by Gasteiger charge is 2.43. The molecular formula is C18H27N3O2. The maximum atomic E-state index is 12.2. The lowest BCUT2D eigenvalue weighted by molar-refractivity contribution is 0.0280. The second-order valence-corrected chi connectivity index (χ2v) is 7.94. The van der Waals surface area contributed by atoms with E-state index in [1.807, 2.05) is 44.9 Å². The van der Waals surface area contributed by atoms with E-state index >= 15 is 0 Å². The van der Waals surface area contributed by atoms with E-state index < -0.39 is 5.60 Å². The van der Waals surface area contributed by atoms with Crippen LogP contribution < -0.4 is 5.32 Å². The highest BCUT2D eigenvalue weighted by molar-refractivity contribution is 5.68. The molecule has 2 fully saturated rings. The van der Waals surface area contributed by atoms with Crippen molar-refractivity contribution < 1.29 is 9.53 Å². The van der Waals surface area contributed by atoms with E-state index in [0.29, 0.717) is 17.9 Å². The number of ether oxygens (including phenoxy) is 1. The molecule has 1 aromatic rings. The number of amides is 1. The quantitative estimate of drug-likeness (QED) is 0.908. The summed E-state index contributed by atoms with van der Waals surface area (Å²) in [7, 11) is 0. The van der Waals surface area contributed by atoms with Gasteiger partial charge in [-0.3, -0.25) is 0 Å². The lowest BCUT2D eigenvalue weighted by Gasteiger charge is -2.25. The fourth-order valence-electron chi connectivity index (χ4n) is 3.66. The number of carbonyl (C=O) groups is 1. The summed E-state index contributed by atoms with van der Waals surface area (Å²) in [4.78, 5) is 18.5. The third-order valence-electron chi connectivity index (χ3n) is 4.67. The van der Waals surface area contributed by atoms with Crippen LogP contribution >= 0.6 is 0 Å². The zero-order chi connectivity index (χ0) is 16.6. The van der Waals surface area contributed by atoms with Crippen molar-refractivity contribution in [2.45, 2.75) is 52.2 Å². The Morgan fingerprint density at radius 1 is 1.26 bits per heavy atom. The summed E-state index contributed by atoms with van der Waals surface area (Å²) in [6.07, 6.45) is 3.91. The van der Waals surface area contributed by atoms with Gasteiger partial charge in [-0.05, 0) is 64.0 Å². The molecule has 1 aliphatic carbocycles. The minimum Gasteiger partial charge on any atom is -0.444 e. The number of aryl methyl sites for hydroxylation is 1. The predicted molar refractivity (Wildman–Crippen MR) is 90.4 cm³/mol. The molecule has 2 heterocycles. The first kappa shape index (κ1) is 16.1. The molecule has 1 aromatic heterocycles. The molecule has 5 heteroatoms. The number of fused-ring (bicyclic) bond motifs is 1. The minimum absolute atomic E-state index is 0.170. The lowest BCUT2D eigenvalue weighted by Crippen LogP contribution is -2.36. The van der Waals surface area contributed by atoms with Crippen LogP contribution in [0.4, 0.5) is 10.6 Å². The first-order valence-corrected chi connectivity index (χ1v) is 8.47. The maximum absolute atomic E-state index is 12.2. The van der Waals surface area contributed by atoms with Crippen molar-refractivity contribution in [2.75, 3.05) is 18.4 Å². The number of anilines is 1. The summed E-state index contributed by atoms with van der Waals surface area (Å²) in [5.74, 6) is 2.10. The maximum Gasteiger partial charge on any atom is 0.410 e. The van der Waals surface area contributed by atoms with Gasteiger partial charge in [0.25, 0.3) is 0 Å². The third-order valence-corrected chi connectivity index (χ3v) is 4.67. The number of nitrogens with one attached hydrogen (secondary N) is 1. The molecule has 23 heavy (non-hydrogen) atoms. The van der Waals surface area contributed by atoms with E-state index in [9.17, 15) is 4.79 Å². The molecule has 0 spiro atoms. The summed E-state index contributed by atoms with van der Waals surface area (Å²) in [5, 5.41) is 3.53. The smallest absolute Gasteiger partial charge is 0.410 e. The molecule has 1 amide bonds. The summed E-state index contributed by atoms with van der Waals surface area (Å²) >= 11 is 0. The molecule has 1 aliphatic heterocycles. The van der Waals surface area contributed by atoms with Gasteiger partial charge >= 0.3 is 6.09 Å². The predicted octanol–water partition coefficient (Wildman–Crippen LogP) is 3.45. The number of aromatic nitrogens is 1. The van der Waals surface area contributed by atoms with Crippen LogP contribution in [0, 0.1) is 18.8 Å². The highest BCUT2D eigenvalue weighted by Crippen LogP contribution is 2.39. The first-order valence-electron chi connectivity index (χ1n) is 8.47. The van der Waals surface area contributed by atoms with E-state index in [1.54, 1.807) is 0 Å². The van der Waals surface area contributed by atoms with E-state index in [1.165, 1.54) is 5.56 Å². The molecule has 1 N–H and O–H groups in total. The molecule has 5 nitrogen and oxygen atoms in total. The van der Waals surface area contributed by atoms with Crippen molar-refractivity contribution in [1.82, 2.24) is 9.88 Å². The Labute approximate surface area is 138 Å². The zero-order valence-electron chi connectivity index (χ0n) is 14.5. The molecule has 1 saturated carbocycles. The van der Waals surface area contributed by atoms with Gasteiger partial charge in [0.15, 0.2) is 0 Å². The van der Waals surface area contributed by atoms with Crippen molar-refractivity contribution in [2.24, 2.45) is 11.8 Å². The number of hydrogen-bond donors (Lipinski definition) is 1. The Kier molecular flexibility index (Phi) is 4.21. The summed E-state index contributed by atoms with van der Waals surface area (Å²) in [6.45, 7) is 9.42. The van der Waals surface area contributed by atoms with E-state index in [4.69, 9.17) is 4.74 Å². The van der Waals surface area contributed by atoms with Gasteiger partial charge in [-0.15, -0.1) is 0 Å². The Hall–Kier alpha value is -1.78. The normalized spacial score (nSPS) is 27.0. The van der Waals surface area contributed by atoms with Crippen molar-refractivity contribution in [3.05, 3.63) is 23.9 Å². The van der Waals surface area contributed by atoms with E-state index in [2.05, 4.69) is 16.4 Å². The average molecular weight is 317 g/mol. The number of nitrogens with zero attached hydrogens (tertiary/aromatic N) is 2. The van der Waals surface area contributed by atoms with Crippen molar-refractivity contribution in [1.29, 1.82) is 0 Å². The number of likely N-dealkylation sites (tertiary alicyclic amines) is 1. The van der Waals surface area contributed by atoms with E-state index in [0.717, 1.165) is 31.7 Å². The van der Waals surface area contributed by atoms with Crippen LogP contribution in [0.5, 0.6) is 0 Å². The van der Waals surface area contributed by atoms with Crippen molar-refractivity contribution >= 4 is 11.9 Å². The second-order valence-electron chi connectivity index (χ2n) is 7.94. The molecular weight excluding hydrogens is 290 g/mol. The number of carbonyl (C=O) groups excluding carboxylic acids is 1. The van der Waals surface area contributed by atoms with E-state index in [-0.39, 0.29) is 6.09 Å². The largest absolute Gasteiger partial charge is 0.444 e. The minimum atomic E-state index is -0.421. The second kappa shape index (κ2) is 6.02. The molecule has 1 unspecified atom stereocenters. The topological polar surface area (TPSA) is 54.5 Å². The van der Waals surface area contributed by atoms with Gasteiger partial charge in [0.1, 0.15) is 11.4 Å². The van der Waals surface area contributed by atoms with Crippen LogP contribution in [0.1, 0.15) is 39.2 Å². The molecule has 1 saturated heterocycles.